The molecule has 2 aromatic rings. The summed E-state index contributed by atoms with van der Waals surface area (Å²) in [7, 11) is 1.93. The van der Waals surface area contributed by atoms with Gasteiger partial charge in [-0.2, -0.15) is 0 Å². The van der Waals surface area contributed by atoms with Gasteiger partial charge in [-0.1, -0.05) is 74.2 Å². The number of benzene rings is 2. The third kappa shape index (κ3) is 4.44. The van der Waals surface area contributed by atoms with Crippen LogP contribution in [0.5, 0.6) is 0 Å². The molecule has 2 heteroatoms. The van der Waals surface area contributed by atoms with E-state index in [4.69, 9.17) is 4.74 Å². The van der Waals surface area contributed by atoms with E-state index < -0.39 is 0 Å². The second-order valence-electron chi connectivity index (χ2n) is 5.81. The molecule has 2 aromatic carbocycles. The molecule has 0 fully saturated rings. The van der Waals surface area contributed by atoms with E-state index in [1.54, 1.807) is 0 Å². The summed E-state index contributed by atoms with van der Waals surface area (Å²) in [5.41, 5.74) is 5.58. The molecule has 0 aromatic heterocycles. The summed E-state index contributed by atoms with van der Waals surface area (Å²) in [6, 6.07) is 20.7. The van der Waals surface area contributed by atoms with Crippen molar-refractivity contribution in [1.29, 1.82) is 0 Å². The third-order valence-electron chi connectivity index (χ3n) is 4.02. The Hall–Kier alpha value is -2.16. The highest BCUT2D eigenvalue weighted by Gasteiger charge is 2.17. The number of nitrogens with one attached hydrogen (secondary N) is 1. The molecule has 1 N–H and O–H groups in total. The lowest BCUT2D eigenvalue weighted by Gasteiger charge is -2.23. The van der Waals surface area contributed by atoms with E-state index in [-0.39, 0.29) is 6.23 Å². The molecule has 0 saturated heterocycles. The van der Waals surface area contributed by atoms with Gasteiger partial charge in [0.15, 0.2) is 0 Å². The zero-order valence-electron chi connectivity index (χ0n) is 14.9. The minimum absolute atomic E-state index is 0.124. The zero-order valence-corrected chi connectivity index (χ0v) is 14.9. The van der Waals surface area contributed by atoms with Crippen molar-refractivity contribution in [2.75, 3.05) is 13.7 Å². The van der Waals surface area contributed by atoms with E-state index in [0.717, 1.165) is 40.9 Å². The monoisotopic (exact) mass is 321 g/mol. The summed E-state index contributed by atoms with van der Waals surface area (Å²) in [5, 5.41) is 3.27. The quantitative estimate of drug-likeness (QED) is 0.536. The first-order valence-electron chi connectivity index (χ1n) is 8.48. The van der Waals surface area contributed by atoms with Gasteiger partial charge in [-0.25, -0.2) is 0 Å². The average molecular weight is 321 g/mol. The molecule has 0 saturated carbocycles. The molecule has 2 nitrogen and oxygen atoms in total. The van der Waals surface area contributed by atoms with Gasteiger partial charge in [-0.15, -0.1) is 0 Å². The highest BCUT2D eigenvalue weighted by molar-refractivity contribution is 6.05. The first-order chi connectivity index (χ1) is 11.7. The molecule has 2 rings (SSSR count). The maximum Gasteiger partial charge on any atom is 0.130 e. The third-order valence-corrected chi connectivity index (χ3v) is 4.02. The summed E-state index contributed by atoms with van der Waals surface area (Å²) < 4.78 is 5.98. The van der Waals surface area contributed by atoms with Gasteiger partial charge in [0.1, 0.15) is 6.23 Å². The molecule has 1 unspecified atom stereocenters. The summed E-state index contributed by atoms with van der Waals surface area (Å²) in [5.74, 6) is 0. The Morgan fingerprint density at radius 2 is 1.54 bits per heavy atom. The highest BCUT2D eigenvalue weighted by Crippen LogP contribution is 2.33. The van der Waals surface area contributed by atoms with Crippen molar-refractivity contribution >= 4 is 11.1 Å². The van der Waals surface area contributed by atoms with E-state index in [2.05, 4.69) is 62.1 Å². The predicted molar refractivity (Wildman–Crippen MR) is 104 cm³/mol. The van der Waals surface area contributed by atoms with Gasteiger partial charge in [-0.3, -0.25) is 5.32 Å². The molecule has 0 bridgehead atoms. The van der Waals surface area contributed by atoms with Crippen molar-refractivity contribution in [2.24, 2.45) is 0 Å². The minimum atomic E-state index is -0.124. The van der Waals surface area contributed by atoms with E-state index in [0.29, 0.717) is 0 Å². The fraction of sp³-hybridized carbons (Fsp3) is 0.273. The lowest BCUT2D eigenvalue weighted by molar-refractivity contribution is 0.0609. The Kier molecular flexibility index (Phi) is 6.98. The van der Waals surface area contributed by atoms with Gasteiger partial charge in [0.05, 0.1) is 0 Å². The molecule has 0 amide bonds. The maximum atomic E-state index is 5.98. The van der Waals surface area contributed by atoms with E-state index in [1.807, 2.05) is 31.3 Å². The average Bonchev–Trinajstić information content (AvgIpc) is 2.64. The highest BCUT2D eigenvalue weighted by atomic mass is 16.5. The normalized spacial score (nSPS) is 13.3. The molecule has 126 valence electrons. The van der Waals surface area contributed by atoms with Crippen molar-refractivity contribution in [1.82, 2.24) is 5.32 Å². The number of hydrogen-bond acceptors (Lipinski definition) is 2. The van der Waals surface area contributed by atoms with Crippen molar-refractivity contribution in [2.45, 2.75) is 26.5 Å². The summed E-state index contributed by atoms with van der Waals surface area (Å²) in [6.07, 6.45) is 0.867. The lowest BCUT2D eigenvalue weighted by Crippen LogP contribution is -2.30. The Balaban J connectivity index is 2.50. The van der Waals surface area contributed by atoms with E-state index in [1.165, 1.54) is 0 Å². The number of likely N-dealkylation sites (N-methyl/N-ethyl adjacent to an activating group) is 1. The standard InChI is InChI=1S/C22H27NO/c1-5-16-24-22(23-4)18(3)21(20-14-10-7-11-15-20)17(2)19-12-8-6-9-13-19/h6-15,22-23H,2,5,16H2,1,3-4H3/b21-18+. The van der Waals surface area contributed by atoms with Crippen molar-refractivity contribution in [3.8, 4) is 0 Å². The molecule has 1 atom stereocenters. The fourth-order valence-corrected chi connectivity index (χ4v) is 2.82. The van der Waals surface area contributed by atoms with Crippen LogP contribution in [0.3, 0.4) is 0 Å². The van der Waals surface area contributed by atoms with Crippen LogP contribution < -0.4 is 5.32 Å². The van der Waals surface area contributed by atoms with Crippen LogP contribution in [0, 0.1) is 0 Å². The number of hydrogen-bond donors (Lipinski definition) is 1. The van der Waals surface area contributed by atoms with E-state index in [9.17, 15) is 0 Å². The Labute approximate surface area is 145 Å². The van der Waals surface area contributed by atoms with Gasteiger partial charge in [0.2, 0.25) is 0 Å². The van der Waals surface area contributed by atoms with Gasteiger partial charge in [0, 0.05) is 6.61 Å². The predicted octanol–water partition coefficient (Wildman–Crippen LogP) is 5.15. The Bertz CT molecular complexity index is 674. The largest absolute Gasteiger partial charge is 0.359 e. The van der Waals surface area contributed by atoms with Crippen LogP contribution in [0.1, 0.15) is 31.4 Å². The number of allylic oxidation sites excluding steroid dienone is 2. The zero-order chi connectivity index (χ0) is 17.4. The molecular weight excluding hydrogens is 294 g/mol. The maximum absolute atomic E-state index is 5.98. The van der Waals surface area contributed by atoms with Gasteiger partial charge in [-0.05, 0) is 48.2 Å². The van der Waals surface area contributed by atoms with Crippen LogP contribution in [0.4, 0.5) is 0 Å². The smallest absolute Gasteiger partial charge is 0.130 e. The SMILES string of the molecule is C=C(/C(=C(/C)C(NC)OCCC)c1ccccc1)c1ccccc1. The lowest BCUT2D eigenvalue weighted by atomic mass is 9.89. The molecule has 24 heavy (non-hydrogen) atoms. The Morgan fingerprint density at radius 1 is 1.00 bits per heavy atom. The summed E-state index contributed by atoms with van der Waals surface area (Å²) in [6.45, 7) is 9.34. The van der Waals surface area contributed by atoms with E-state index >= 15 is 0 Å². The molecule has 0 radical (unpaired) electrons. The molecule has 0 spiro atoms. The second kappa shape index (κ2) is 9.21. The van der Waals surface area contributed by atoms with Crippen LogP contribution in [-0.4, -0.2) is 19.9 Å². The van der Waals surface area contributed by atoms with Crippen molar-refractivity contribution in [3.05, 3.63) is 83.9 Å². The van der Waals surface area contributed by atoms with Gasteiger partial charge < -0.3 is 4.74 Å². The first kappa shape index (κ1) is 18.2. The molecule has 0 heterocycles. The topological polar surface area (TPSA) is 21.3 Å². The molecule has 0 aliphatic rings. The fourth-order valence-electron chi connectivity index (χ4n) is 2.82. The Morgan fingerprint density at radius 3 is 2.04 bits per heavy atom. The number of ether oxygens (including phenoxy) is 1. The molecule has 0 aliphatic heterocycles. The van der Waals surface area contributed by atoms with Crippen LogP contribution >= 0.6 is 0 Å². The summed E-state index contributed by atoms with van der Waals surface area (Å²) in [4.78, 5) is 0. The van der Waals surface area contributed by atoms with Gasteiger partial charge >= 0.3 is 0 Å². The first-order valence-corrected chi connectivity index (χ1v) is 8.48. The van der Waals surface area contributed by atoms with Crippen LogP contribution in [0.2, 0.25) is 0 Å². The van der Waals surface area contributed by atoms with Crippen molar-refractivity contribution in [3.63, 3.8) is 0 Å². The van der Waals surface area contributed by atoms with Crippen LogP contribution in [0.25, 0.3) is 11.1 Å². The molecule has 0 aliphatic carbocycles. The van der Waals surface area contributed by atoms with Gasteiger partial charge in [0.25, 0.3) is 0 Å². The second-order valence-corrected chi connectivity index (χ2v) is 5.81. The molecular formula is C22H27NO. The summed E-state index contributed by atoms with van der Waals surface area (Å²) >= 11 is 0. The minimum Gasteiger partial charge on any atom is -0.359 e. The number of rotatable bonds is 8. The van der Waals surface area contributed by atoms with Crippen LogP contribution in [0.15, 0.2) is 72.8 Å². The van der Waals surface area contributed by atoms with Crippen molar-refractivity contribution < 1.29 is 4.74 Å². The van der Waals surface area contributed by atoms with Crippen LogP contribution in [-0.2, 0) is 4.74 Å².